The number of hydrogen-bond donors (Lipinski definition) is 0. The summed E-state index contributed by atoms with van der Waals surface area (Å²) in [6.07, 6.45) is -4.49. The molecule has 0 aliphatic carbocycles. The first kappa shape index (κ1) is 21.7. The smallest absolute Gasteiger partial charge is 0.275 e. The van der Waals surface area contributed by atoms with Crippen LogP contribution in [0, 0.1) is 21.9 Å². The Balaban J connectivity index is 2.06. The van der Waals surface area contributed by atoms with Gasteiger partial charge in [-0.15, -0.1) is 5.10 Å². The van der Waals surface area contributed by atoms with Crippen molar-refractivity contribution < 1.29 is 17.6 Å². The van der Waals surface area contributed by atoms with E-state index >= 15 is 0 Å². The fraction of sp³-hybridized carbons (Fsp3) is 0.250. The van der Waals surface area contributed by atoms with E-state index in [2.05, 4.69) is 5.10 Å². The van der Waals surface area contributed by atoms with Gasteiger partial charge in [-0.25, -0.2) is 9.07 Å². The van der Waals surface area contributed by atoms with E-state index in [4.69, 9.17) is 17.5 Å². The maximum Gasteiger partial charge on any atom is 0.401 e. The summed E-state index contributed by atoms with van der Waals surface area (Å²) in [5, 5.41) is 13.2. The van der Waals surface area contributed by atoms with E-state index in [1.165, 1.54) is 28.9 Å². The Morgan fingerprint density at radius 3 is 2.33 bits per heavy atom. The summed E-state index contributed by atoms with van der Waals surface area (Å²) >= 11 is 5.50. The molecule has 0 saturated heterocycles. The van der Waals surface area contributed by atoms with Gasteiger partial charge in [0.2, 0.25) is 4.77 Å². The zero-order valence-electron chi connectivity index (χ0n) is 15.7. The minimum Gasteiger partial charge on any atom is -0.275 e. The lowest BCUT2D eigenvalue weighted by molar-refractivity contribution is -0.149. The van der Waals surface area contributed by atoms with Crippen LogP contribution in [-0.4, -0.2) is 38.5 Å². The first-order chi connectivity index (χ1) is 14.3. The van der Waals surface area contributed by atoms with Crippen molar-refractivity contribution in [3.8, 4) is 23.1 Å². The number of alkyl halides is 3. The molecule has 1 heterocycles. The van der Waals surface area contributed by atoms with Crippen LogP contribution in [0.5, 0.6) is 0 Å². The first-order valence-corrected chi connectivity index (χ1v) is 9.36. The highest BCUT2D eigenvalue weighted by atomic mass is 32.1. The molecule has 0 spiro atoms. The zero-order chi connectivity index (χ0) is 21.7. The van der Waals surface area contributed by atoms with E-state index in [1.807, 2.05) is 12.1 Å². The van der Waals surface area contributed by atoms with E-state index in [0.29, 0.717) is 17.1 Å². The molecule has 0 aliphatic heterocycles. The molecule has 2 aromatic carbocycles. The molecule has 0 atom stereocenters. The Labute approximate surface area is 175 Å². The van der Waals surface area contributed by atoms with Gasteiger partial charge in [-0.2, -0.15) is 18.4 Å². The molecule has 0 saturated carbocycles. The van der Waals surface area contributed by atoms with Crippen LogP contribution in [0.1, 0.15) is 6.42 Å². The minimum absolute atomic E-state index is 0.0619. The molecule has 30 heavy (non-hydrogen) atoms. The molecule has 3 aromatic rings. The number of benzene rings is 2. The van der Waals surface area contributed by atoms with Gasteiger partial charge in [-0.05, 0) is 36.5 Å². The predicted molar refractivity (Wildman–Crippen MR) is 106 cm³/mol. The summed E-state index contributed by atoms with van der Waals surface area (Å²) in [6, 6.07) is 16.5. The zero-order valence-corrected chi connectivity index (χ0v) is 16.5. The van der Waals surface area contributed by atoms with Gasteiger partial charge in [0.1, 0.15) is 5.82 Å². The summed E-state index contributed by atoms with van der Waals surface area (Å²) in [5.41, 5.74) is 1.23. The number of nitriles is 1. The molecule has 156 valence electrons. The number of rotatable bonds is 7. The van der Waals surface area contributed by atoms with Gasteiger partial charge >= 0.3 is 6.18 Å². The summed E-state index contributed by atoms with van der Waals surface area (Å²) in [7, 11) is 0. The average Bonchev–Trinajstić information content (AvgIpc) is 3.02. The van der Waals surface area contributed by atoms with Gasteiger partial charge < -0.3 is 0 Å². The van der Waals surface area contributed by atoms with Crippen LogP contribution < -0.4 is 0 Å². The highest BCUT2D eigenvalue weighted by Gasteiger charge is 2.31. The number of halogens is 4. The second-order valence-electron chi connectivity index (χ2n) is 6.50. The molecule has 1 aromatic heterocycles. The van der Waals surface area contributed by atoms with Gasteiger partial charge in [0, 0.05) is 18.5 Å². The van der Waals surface area contributed by atoms with E-state index in [0.717, 1.165) is 4.90 Å². The molecule has 0 radical (unpaired) electrons. The molecular formula is C20H17F4N5S. The third-order valence-corrected chi connectivity index (χ3v) is 4.63. The van der Waals surface area contributed by atoms with E-state index in [9.17, 15) is 17.6 Å². The van der Waals surface area contributed by atoms with Gasteiger partial charge in [0.15, 0.2) is 5.82 Å². The summed E-state index contributed by atoms with van der Waals surface area (Å²) in [6.45, 7) is -1.52. The average molecular weight is 435 g/mol. The standard InChI is InChI=1S/C20H17F4N5S/c21-16-7-9-17(10-8-16)29-18(15-5-2-1-3-6-15)26-28(19(29)30)14-27(12-4-11-25)13-20(22,23)24/h1-3,5-10H,4,12-14H2. The van der Waals surface area contributed by atoms with Crippen molar-refractivity contribution in [2.24, 2.45) is 0 Å². The van der Waals surface area contributed by atoms with Gasteiger partial charge in [0.05, 0.1) is 25.0 Å². The molecule has 5 nitrogen and oxygen atoms in total. The highest BCUT2D eigenvalue weighted by molar-refractivity contribution is 7.71. The van der Waals surface area contributed by atoms with Crippen LogP contribution in [0.4, 0.5) is 17.6 Å². The number of aromatic nitrogens is 3. The monoisotopic (exact) mass is 435 g/mol. The van der Waals surface area contributed by atoms with Crippen LogP contribution in [0.3, 0.4) is 0 Å². The van der Waals surface area contributed by atoms with E-state index in [-0.39, 0.29) is 24.4 Å². The van der Waals surface area contributed by atoms with E-state index < -0.39 is 18.5 Å². The second kappa shape index (κ2) is 9.19. The van der Waals surface area contributed by atoms with Crippen LogP contribution >= 0.6 is 12.2 Å². The molecule has 0 bridgehead atoms. The fourth-order valence-electron chi connectivity index (χ4n) is 2.95. The lowest BCUT2D eigenvalue weighted by Gasteiger charge is -2.22. The Kier molecular flexibility index (Phi) is 6.64. The number of hydrogen-bond acceptors (Lipinski definition) is 4. The van der Waals surface area contributed by atoms with Crippen molar-refractivity contribution in [2.75, 3.05) is 13.1 Å². The summed E-state index contributed by atoms with van der Waals surface area (Å²) in [4.78, 5) is 1.07. The third-order valence-electron chi connectivity index (χ3n) is 4.23. The molecule has 0 unspecified atom stereocenters. The van der Waals surface area contributed by atoms with Gasteiger partial charge in [-0.3, -0.25) is 9.47 Å². The molecule has 3 rings (SSSR count). The predicted octanol–water partition coefficient (Wildman–Crippen LogP) is 4.94. The molecule has 10 heteroatoms. The van der Waals surface area contributed by atoms with Crippen LogP contribution in [-0.2, 0) is 6.67 Å². The molecular weight excluding hydrogens is 418 g/mol. The number of nitrogens with zero attached hydrogens (tertiary/aromatic N) is 5. The summed E-state index contributed by atoms with van der Waals surface area (Å²) < 4.78 is 55.3. The highest BCUT2D eigenvalue weighted by Crippen LogP contribution is 2.24. The van der Waals surface area contributed by atoms with Crippen LogP contribution in [0.25, 0.3) is 17.1 Å². The van der Waals surface area contributed by atoms with Crippen LogP contribution in [0.2, 0.25) is 0 Å². The van der Waals surface area contributed by atoms with Crippen molar-refractivity contribution >= 4 is 12.2 Å². The normalized spacial score (nSPS) is 11.6. The van der Waals surface area contributed by atoms with Crippen molar-refractivity contribution in [3.05, 3.63) is 65.2 Å². The molecule has 0 N–H and O–H groups in total. The Hall–Kier alpha value is -3.03. The quantitative estimate of drug-likeness (QED) is 0.390. The second-order valence-corrected chi connectivity index (χ2v) is 6.87. The molecule has 0 amide bonds. The minimum atomic E-state index is -4.43. The van der Waals surface area contributed by atoms with Crippen molar-refractivity contribution in [1.29, 1.82) is 5.26 Å². The third kappa shape index (κ3) is 5.31. The lowest BCUT2D eigenvalue weighted by Crippen LogP contribution is -2.36. The van der Waals surface area contributed by atoms with Gasteiger partial charge in [0.25, 0.3) is 0 Å². The van der Waals surface area contributed by atoms with Crippen molar-refractivity contribution in [1.82, 2.24) is 19.2 Å². The Morgan fingerprint density at radius 1 is 1.07 bits per heavy atom. The van der Waals surface area contributed by atoms with Crippen LogP contribution in [0.15, 0.2) is 54.6 Å². The largest absolute Gasteiger partial charge is 0.401 e. The Morgan fingerprint density at radius 2 is 1.73 bits per heavy atom. The topological polar surface area (TPSA) is 49.8 Å². The first-order valence-electron chi connectivity index (χ1n) is 8.96. The van der Waals surface area contributed by atoms with Crippen molar-refractivity contribution in [3.63, 3.8) is 0 Å². The molecule has 0 fully saturated rings. The van der Waals surface area contributed by atoms with Crippen molar-refractivity contribution in [2.45, 2.75) is 19.3 Å². The molecule has 0 aliphatic rings. The Bertz CT molecular complexity index is 1080. The summed E-state index contributed by atoms with van der Waals surface area (Å²) in [5.74, 6) is -0.00812. The fourth-order valence-corrected chi connectivity index (χ4v) is 3.24. The van der Waals surface area contributed by atoms with Gasteiger partial charge in [-0.1, -0.05) is 30.3 Å². The lowest BCUT2D eigenvalue weighted by atomic mass is 10.2. The van der Waals surface area contributed by atoms with E-state index in [1.54, 1.807) is 28.8 Å². The SMILES string of the molecule is N#CCCN(Cn1nc(-c2ccccc2)n(-c2ccc(F)cc2)c1=S)CC(F)(F)F. The maximum atomic E-state index is 13.4. The maximum absolute atomic E-state index is 13.4.